The molecule has 0 aliphatic carbocycles. The van der Waals surface area contributed by atoms with Gasteiger partial charge in [0.2, 0.25) is 9.84 Å². The molecule has 0 saturated carbocycles. The molecule has 8 heteroatoms. The maximum Gasteiger partial charge on any atom is 0.273 e. The molecule has 4 rings (SSSR count). The van der Waals surface area contributed by atoms with Gasteiger partial charge in [0.15, 0.2) is 4.91 Å². The van der Waals surface area contributed by atoms with Crippen LogP contribution in [-0.2, 0) is 16.3 Å². The van der Waals surface area contributed by atoms with E-state index in [1.165, 1.54) is 16.7 Å². The third kappa shape index (κ3) is 5.01. The Balaban J connectivity index is 2.08. The minimum Gasteiger partial charge on any atom is -0.267 e. The van der Waals surface area contributed by atoms with Crippen molar-refractivity contribution in [3.63, 3.8) is 0 Å². The van der Waals surface area contributed by atoms with E-state index >= 15 is 0 Å². The molecule has 176 valence electrons. The molecule has 0 saturated heterocycles. The lowest BCUT2D eigenvalue weighted by Crippen LogP contribution is -2.31. The van der Waals surface area contributed by atoms with Gasteiger partial charge < -0.3 is 0 Å². The zero-order chi connectivity index (χ0) is 25.2. The number of sulfone groups is 1. The molecular weight excluding hydrogens is 500 g/mol. The average molecular weight is 521 g/mol. The van der Waals surface area contributed by atoms with Crippen molar-refractivity contribution in [3.8, 4) is 11.8 Å². The summed E-state index contributed by atoms with van der Waals surface area (Å²) in [5.41, 5.74) is 2.78. The molecule has 0 N–H and O–H groups in total. The van der Waals surface area contributed by atoms with Crippen LogP contribution in [0.3, 0.4) is 0 Å². The van der Waals surface area contributed by atoms with Gasteiger partial charge in [0.1, 0.15) is 10.7 Å². The summed E-state index contributed by atoms with van der Waals surface area (Å²) in [4.78, 5) is 13.1. The fraction of sp³-hybridized carbons (Fsp3) is 0.111. The molecule has 3 aromatic carbocycles. The Morgan fingerprint density at radius 1 is 1.03 bits per heavy atom. The second kappa shape index (κ2) is 10.0. The van der Waals surface area contributed by atoms with Crippen LogP contribution >= 0.6 is 22.9 Å². The number of aryl methyl sites for hydroxylation is 2. The fourth-order valence-corrected chi connectivity index (χ4v) is 6.27. The van der Waals surface area contributed by atoms with Crippen LogP contribution < -0.4 is 14.8 Å². The summed E-state index contributed by atoms with van der Waals surface area (Å²) in [5.74, 6) is 0. The van der Waals surface area contributed by atoms with Crippen molar-refractivity contribution >= 4 is 43.8 Å². The number of hydrogen-bond donors (Lipinski definition) is 0. The van der Waals surface area contributed by atoms with E-state index in [4.69, 9.17) is 11.6 Å². The number of rotatable bonds is 5. The van der Waals surface area contributed by atoms with Gasteiger partial charge >= 0.3 is 0 Å². The molecule has 0 atom stereocenters. The van der Waals surface area contributed by atoms with Crippen molar-refractivity contribution in [2.45, 2.75) is 25.2 Å². The van der Waals surface area contributed by atoms with Crippen molar-refractivity contribution < 1.29 is 8.42 Å². The first-order valence-electron chi connectivity index (χ1n) is 10.8. The third-order valence-electron chi connectivity index (χ3n) is 5.49. The Morgan fingerprint density at radius 3 is 2.23 bits per heavy atom. The number of nitrogens with zero attached hydrogens (tertiary/aromatic N) is 2. The van der Waals surface area contributed by atoms with E-state index in [0.717, 1.165) is 34.4 Å². The molecule has 0 aliphatic rings. The summed E-state index contributed by atoms with van der Waals surface area (Å²) in [6.45, 7) is 3.87. The number of thiazole rings is 1. The Kier molecular flexibility index (Phi) is 7.08. The largest absolute Gasteiger partial charge is 0.273 e. The molecule has 0 radical (unpaired) electrons. The number of benzene rings is 3. The summed E-state index contributed by atoms with van der Waals surface area (Å²) in [7, 11) is -4.17. The lowest BCUT2D eigenvalue weighted by molar-refractivity contribution is 0.606. The molecule has 1 heterocycles. The Bertz CT molecular complexity index is 1710. The molecule has 0 spiro atoms. The zero-order valence-corrected chi connectivity index (χ0v) is 21.4. The number of halogens is 1. The van der Waals surface area contributed by atoms with E-state index in [2.05, 4.69) is 0 Å². The van der Waals surface area contributed by atoms with Gasteiger partial charge in [-0.15, -0.1) is 11.3 Å². The molecule has 0 unspecified atom stereocenters. The predicted molar refractivity (Wildman–Crippen MR) is 141 cm³/mol. The van der Waals surface area contributed by atoms with E-state index in [1.54, 1.807) is 54.6 Å². The van der Waals surface area contributed by atoms with Crippen molar-refractivity contribution in [3.05, 3.63) is 114 Å². The average Bonchev–Trinajstić information content (AvgIpc) is 3.16. The SMILES string of the molecule is CCc1ccc(-n2c(=O)/c(=C\c3ccc(Cl)cc3)s/c2=C(\C#N)S(=O)(=O)c2ccc(C)cc2)cc1. The Morgan fingerprint density at radius 2 is 1.66 bits per heavy atom. The highest BCUT2D eigenvalue weighted by Gasteiger charge is 2.25. The first-order valence-corrected chi connectivity index (χ1v) is 13.5. The standard InChI is InChI=1S/C27H21ClN2O3S2/c1-3-19-8-12-22(13-9-19)30-26(31)24(16-20-6-10-21(28)11-7-20)34-27(30)25(17-29)35(32,33)23-14-4-18(2)5-15-23/h4-16H,3H2,1-2H3/b24-16+,27-25+. The van der Waals surface area contributed by atoms with Gasteiger partial charge in [-0.2, -0.15) is 5.26 Å². The van der Waals surface area contributed by atoms with Crippen molar-refractivity contribution in [2.75, 3.05) is 0 Å². The van der Waals surface area contributed by atoms with Gasteiger partial charge in [-0.25, -0.2) is 8.42 Å². The van der Waals surface area contributed by atoms with Crippen LogP contribution in [0.2, 0.25) is 5.02 Å². The minimum absolute atomic E-state index is 0.00314. The van der Waals surface area contributed by atoms with E-state index in [-0.39, 0.29) is 9.56 Å². The van der Waals surface area contributed by atoms with E-state index in [1.807, 2.05) is 32.0 Å². The first-order chi connectivity index (χ1) is 16.7. The number of aromatic nitrogens is 1. The summed E-state index contributed by atoms with van der Waals surface area (Å²) in [6, 6.07) is 22.4. The second-order valence-corrected chi connectivity index (χ2v) is 11.2. The fourth-order valence-electron chi connectivity index (χ4n) is 3.52. The van der Waals surface area contributed by atoms with Gasteiger partial charge in [-0.05, 0) is 66.9 Å². The first kappa shape index (κ1) is 24.7. The minimum atomic E-state index is -4.17. The van der Waals surface area contributed by atoms with Gasteiger partial charge in [0, 0.05) is 5.02 Å². The van der Waals surface area contributed by atoms with Crippen LogP contribution in [0.1, 0.15) is 23.6 Å². The van der Waals surface area contributed by atoms with Crippen LogP contribution in [0.5, 0.6) is 0 Å². The second-order valence-electron chi connectivity index (χ2n) is 7.89. The highest BCUT2D eigenvalue weighted by Crippen LogP contribution is 2.20. The molecule has 4 aromatic rings. The van der Waals surface area contributed by atoms with Gasteiger partial charge in [-0.3, -0.25) is 9.36 Å². The quantitative estimate of drug-likeness (QED) is 0.391. The smallest absolute Gasteiger partial charge is 0.267 e. The topological polar surface area (TPSA) is 79.9 Å². The summed E-state index contributed by atoms with van der Waals surface area (Å²) < 4.78 is 28.6. The molecule has 0 amide bonds. The van der Waals surface area contributed by atoms with Gasteiger partial charge in [-0.1, -0.05) is 60.5 Å². The number of nitriles is 1. The van der Waals surface area contributed by atoms with Crippen molar-refractivity contribution in [1.82, 2.24) is 4.57 Å². The molecular formula is C27H21ClN2O3S2. The summed E-state index contributed by atoms with van der Waals surface area (Å²) >= 11 is 6.95. The van der Waals surface area contributed by atoms with E-state index in [0.29, 0.717) is 15.2 Å². The molecule has 35 heavy (non-hydrogen) atoms. The van der Waals surface area contributed by atoms with Crippen LogP contribution in [-0.4, -0.2) is 13.0 Å². The van der Waals surface area contributed by atoms with Crippen LogP contribution in [0.25, 0.3) is 16.7 Å². The summed E-state index contributed by atoms with van der Waals surface area (Å²) in [6.07, 6.45) is 2.48. The monoisotopic (exact) mass is 520 g/mol. The molecule has 0 bridgehead atoms. The van der Waals surface area contributed by atoms with Crippen LogP contribution in [0, 0.1) is 18.3 Å². The van der Waals surface area contributed by atoms with Crippen LogP contribution in [0.4, 0.5) is 0 Å². The lowest BCUT2D eigenvalue weighted by Gasteiger charge is -2.06. The maximum absolute atomic E-state index is 13.5. The van der Waals surface area contributed by atoms with Crippen molar-refractivity contribution in [1.29, 1.82) is 5.26 Å². The maximum atomic E-state index is 13.5. The highest BCUT2D eigenvalue weighted by molar-refractivity contribution is 8.00. The van der Waals surface area contributed by atoms with E-state index in [9.17, 15) is 18.5 Å². The number of hydrogen-bond acceptors (Lipinski definition) is 5. The Hall–Kier alpha value is -3.44. The molecule has 0 aliphatic heterocycles. The molecule has 1 aromatic heterocycles. The molecule has 5 nitrogen and oxygen atoms in total. The van der Waals surface area contributed by atoms with Gasteiger partial charge in [0.25, 0.3) is 5.56 Å². The zero-order valence-electron chi connectivity index (χ0n) is 19.0. The van der Waals surface area contributed by atoms with Crippen molar-refractivity contribution in [2.24, 2.45) is 0 Å². The lowest BCUT2D eigenvalue weighted by atomic mass is 10.1. The molecule has 0 fully saturated rings. The van der Waals surface area contributed by atoms with Crippen LogP contribution in [0.15, 0.2) is 82.5 Å². The van der Waals surface area contributed by atoms with Gasteiger partial charge in [0.05, 0.1) is 15.1 Å². The normalized spacial score (nSPS) is 12.9. The Labute approximate surface area is 212 Å². The predicted octanol–water partition coefficient (Wildman–Crippen LogP) is 4.36. The highest BCUT2D eigenvalue weighted by atomic mass is 35.5. The third-order valence-corrected chi connectivity index (χ3v) is 8.68. The van der Waals surface area contributed by atoms with E-state index < -0.39 is 20.3 Å². The summed E-state index contributed by atoms with van der Waals surface area (Å²) in [5, 5.41) is 10.6.